The van der Waals surface area contributed by atoms with E-state index in [0.29, 0.717) is 18.8 Å². The van der Waals surface area contributed by atoms with E-state index in [1.807, 2.05) is 37.3 Å². The predicted molar refractivity (Wildman–Crippen MR) is 109 cm³/mol. The Balaban J connectivity index is 1.37. The van der Waals surface area contributed by atoms with Crippen LogP contribution in [0.4, 0.5) is 10.1 Å². The second-order valence-electron chi connectivity index (χ2n) is 7.61. The van der Waals surface area contributed by atoms with E-state index in [0.717, 1.165) is 31.7 Å². The number of hydrogen-bond donors (Lipinski definition) is 4. The van der Waals surface area contributed by atoms with Crippen molar-refractivity contribution < 1.29 is 23.8 Å². The maximum absolute atomic E-state index is 13.2. The van der Waals surface area contributed by atoms with E-state index in [2.05, 4.69) is 10.6 Å². The smallest absolute Gasteiger partial charge is 0.279 e. The highest BCUT2D eigenvalue weighted by Gasteiger charge is 2.26. The Morgan fingerprint density at radius 3 is 2.17 bits per heavy atom. The Morgan fingerprint density at radius 2 is 1.55 bits per heavy atom. The van der Waals surface area contributed by atoms with Gasteiger partial charge in [-0.05, 0) is 30.7 Å². The number of carbonyl (C=O) groups is 2. The first-order chi connectivity index (χ1) is 14.0. The van der Waals surface area contributed by atoms with Crippen LogP contribution in [0.15, 0.2) is 54.6 Å². The molecular weight excluding hydrogens is 371 g/mol. The molecule has 3 rings (SSSR count). The summed E-state index contributed by atoms with van der Waals surface area (Å²) >= 11 is 0. The predicted octanol–water partition coefficient (Wildman–Crippen LogP) is -0.575. The van der Waals surface area contributed by atoms with Crippen molar-refractivity contribution >= 4 is 17.5 Å². The summed E-state index contributed by atoms with van der Waals surface area (Å²) in [6, 6.07) is 15.8. The van der Waals surface area contributed by atoms with E-state index in [1.54, 1.807) is 12.1 Å². The molecular formula is C22H29FN4O2+2. The van der Waals surface area contributed by atoms with Crippen LogP contribution in [0.25, 0.3) is 0 Å². The number of benzene rings is 2. The summed E-state index contributed by atoms with van der Waals surface area (Å²) < 4.78 is 13.2. The van der Waals surface area contributed by atoms with Gasteiger partial charge in [-0.1, -0.05) is 36.4 Å². The molecule has 0 aliphatic carbocycles. The number of piperazine rings is 1. The highest BCUT2D eigenvalue weighted by Crippen LogP contribution is 2.10. The van der Waals surface area contributed by atoms with Gasteiger partial charge in [0.1, 0.15) is 32.0 Å². The summed E-state index contributed by atoms with van der Waals surface area (Å²) in [6.45, 7) is 6.12. The number of quaternary nitrogens is 2. The van der Waals surface area contributed by atoms with Gasteiger partial charge in [-0.3, -0.25) is 9.59 Å². The summed E-state index contributed by atoms with van der Waals surface area (Å²) in [6.07, 6.45) is 0. The van der Waals surface area contributed by atoms with Crippen LogP contribution in [0.5, 0.6) is 0 Å². The summed E-state index contributed by atoms with van der Waals surface area (Å²) in [5.74, 6) is -0.445. The molecule has 0 radical (unpaired) electrons. The van der Waals surface area contributed by atoms with Crippen molar-refractivity contribution in [3.63, 3.8) is 0 Å². The normalized spacial score (nSPS) is 19.9. The average molecular weight is 400 g/mol. The van der Waals surface area contributed by atoms with E-state index in [4.69, 9.17) is 0 Å². The number of halogens is 1. The largest absolute Gasteiger partial charge is 0.345 e. The molecule has 1 saturated heterocycles. The average Bonchev–Trinajstić information content (AvgIpc) is 2.70. The maximum Gasteiger partial charge on any atom is 0.279 e. The Kier molecular flexibility index (Phi) is 7.32. The van der Waals surface area contributed by atoms with Gasteiger partial charge >= 0.3 is 0 Å². The van der Waals surface area contributed by atoms with Crippen molar-refractivity contribution in [2.24, 2.45) is 0 Å². The first-order valence-corrected chi connectivity index (χ1v) is 10.1. The van der Waals surface area contributed by atoms with Crippen LogP contribution < -0.4 is 20.4 Å². The van der Waals surface area contributed by atoms with Crippen molar-refractivity contribution in [1.82, 2.24) is 5.32 Å². The fraction of sp³-hybridized carbons (Fsp3) is 0.364. The molecule has 1 heterocycles. The lowest BCUT2D eigenvalue weighted by Gasteiger charge is -2.29. The van der Waals surface area contributed by atoms with Crippen molar-refractivity contribution in [2.45, 2.75) is 13.0 Å². The highest BCUT2D eigenvalue weighted by atomic mass is 19.1. The molecule has 29 heavy (non-hydrogen) atoms. The molecule has 0 saturated carbocycles. The topological polar surface area (TPSA) is 67.1 Å². The number of carbonyl (C=O) groups excluding carboxylic acids is 2. The van der Waals surface area contributed by atoms with Gasteiger partial charge in [-0.25, -0.2) is 4.39 Å². The lowest BCUT2D eigenvalue weighted by atomic mass is 10.1. The molecule has 1 aliphatic rings. The van der Waals surface area contributed by atoms with Crippen LogP contribution in [-0.4, -0.2) is 51.1 Å². The van der Waals surface area contributed by atoms with Gasteiger partial charge < -0.3 is 20.4 Å². The fourth-order valence-corrected chi connectivity index (χ4v) is 3.65. The van der Waals surface area contributed by atoms with Crippen LogP contribution >= 0.6 is 0 Å². The summed E-state index contributed by atoms with van der Waals surface area (Å²) in [7, 11) is 0. The zero-order valence-corrected chi connectivity index (χ0v) is 16.7. The summed E-state index contributed by atoms with van der Waals surface area (Å²) in [4.78, 5) is 26.9. The van der Waals surface area contributed by atoms with Gasteiger partial charge in [-0.15, -0.1) is 0 Å². The molecule has 2 aromatic rings. The van der Waals surface area contributed by atoms with Crippen LogP contribution in [0, 0.1) is 5.82 Å². The van der Waals surface area contributed by atoms with E-state index >= 15 is 0 Å². The van der Waals surface area contributed by atoms with Crippen molar-refractivity contribution in [2.75, 3.05) is 44.6 Å². The molecule has 0 spiro atoms. The van der Waals surface area contributed by atoms with Gasteiger partial charge in [0.05, 0.1) is 6.04 Å². The number of nitrogens with one attached hydrogen (secondary N) is 4. The van der Waals surface area contributed by atoms with Crippen LogP contribution in [0.3, 0.4) is 0 Å². The van der Waals surface area contributed by atoms with E-state index in [9.17, 15) is 14.0 Å². The van der Waals surface area contributed by atoms with Gasteiger partial charge in [0.15, 0.2) is 13.1 Å². The molecule has 0 aromatic heterocycles. The van der Waals surface area contributed by atoms with Crippen molar-refractivity contribution in [1.29, 1.82) is 0 Å². The molecule has 154 valence electrons. The fourth-order valence-electron chi connectivity index (χ4n) is 3.65. The Labute approximate surface area is 170 Å². The first kappa shape index (κ1) is 21.0. The van der Waals surface area contributed by atoms with Gasteiger partial charge in [0, 0.05) is 5.69 Å². The minimum Gasteiger partial charge on any atom is -0.345 e. The summed E-state index contributed by atoms with van der Waals surface area (Å²) in [5.41, 5.74) is 1.57. The van der Waals surface area contributed by atoms with Crippen molar-refractivity contribution in [3.8, 4) is 0 Å². The standard InChI is InChI=1S/C22H27FN4O2/c1-17(18-6-3-2-4-7-18)24-21(28)15-26-10-12-27(13-11-26)16-22(29)25-20-9-5-8-19(23)14-20/h2-9,14,17H,10-13,15-16H2,1H3,(H,24,28)(H,25,29)/p+2/t17-/m0/s1. The molecule has 2 amide bonds. The quantitative estimate of drug-likeness (QED) is 0.503. The van der Waals surface area contributed by atoms with Gasteiger partial charge in [0.2, 0.25) is 0 Å². The monoisotopic (exact) mass is 400 g/mol. The third kappa shape index (κ3) is 6.66. The molecule has 6 nitrogen and oxygen atoms in total. The molecule has 1 atom stereocenters. The number of hydrogen-bond acceptors (Lipinski definition) is 2. The molecule has 0 bridgehead atoms. The third-order valence-electron chi connectivity index (χ3n) is 5.27. The molecule has 1 fully saturated rings. The second-order valence-corrected chi connectivity index (χ2v) is 7.61. The summed E-state index contributed by atoms with van der Waals surface area (Å²) in [5, 5.41) is 5.80. The molecule has 7 heteroatoms. The van der Waals surface area contributed by atoms with Gasteiger partial charge in [-0.2, -0.15) is 0 Å². The Morgan fingerprint density at radius 1 is 0.931 bits per heavy atom. The van der Waals surface area contributed by atoms with E-state index in [1.165, 1.54) is 21.9 Å². The number of anilines is 1. The van der Waals surface area contributed by atoms with E-state index in [-0.39, 0.29) is 23.7 Å². The Bertz CT molecular complexity index is 823. The minimum atomic E-state index is -0.368. The number of rotatable bonds is 7. The molecule has 0 unspecified atom stereocenters. The maximum atomic E-state index is 13.2. The lowest BCUT2D eigenvalue weighted by molar-refractivity contribution is -1.00. The third-order valence-corrected chi connectivity index (χ3v) is 5.27. The molecule has 1 aliphatic heterocycles. The first-order valence-electron chi connectivity index (χ1n) is 10.1. The Hall–Kier alpha value is -2.77. The van der Waals surface area contributed by atoms with Crippen molar-refractivity contribution in [3.05, 3.63) is 66.0 Å². The molecule has 2 aromatic carbocycles. The SMILES string of the molecule is C[C@H](NC(=O)C[NH+]1CC[NH+](CC(=O)Nc2cccc(F)c2)CC1)c1ccccc1. The minimum absolute atomic E-state index is 0.0125. The molecule has 4 N–H and O–H groups in total. The second kappa shape index (κ2) is 10.1. The zero-order valence-electron chi connectivity index (χ0n) is 16.7. The van der Waals surface area contributed by atoms with Crippen LogP contribution in [0.2, 0.25) is 0 Å². The van der Waals surface area contributed by atoms with E-state index < -0.39 is 0 Å². The highest BCUT2D eigenvalue weighted by molar-refractivity contribution is 5.91. The zero-order chi connectivity index (χ0) is 20.6. The van der Waals surface area contributed by atoms with Crippen LogP contribution in [-0.2, 0) is 9.59 Å². The van der Waals surface area contributed by atoms with Crippen LogP contribution in [0.1, 0.15) is 18.5 Å². The van der Waals surface area contributed by atoms with Gasteiger partial charge in [0.25, 0.3) is 11.8 Å². The lowest BCUT2D eigenvalue weighted by Crippen LogP contribution is -3.28. The number of amides is 2.